The van der Waals surface area contributed by atoms with Gasteiger partial charge in [0.1, 0.15) is 5.69 Å². The molecule has 0 spiro atoms. The van der Waals surface area contributed by atoms with Crippen LogP contribution in [0.25, 0.3) is 0 Å². The first kappa shape index (κ1) is 16.1. The lowest BCUT2D eigenvalue weighted by Gasteiger charge is -2.20. The molecule has 0 saturated heterocycles. The van der Waals surface area contributed by atoms with E-state index in [4.69, 9.17) is 0 Å². The Morgan fingerprint density at radius 3 is 2.40 bits per heavy atom. The Hall–Kier alpha value is -1.96. The van der Waals surface area contributed by atoms with Crippen LogP contribution >= 0.6 is 0 Å². The number of nitro groups is 1. The van der Waals surface area contributed by atoms with E-state index >= 15 is 0 Å². The van der Waals surface area contributed by atoms with Gasteiger partial charge in [-0.15, -0.1) is 0 Å². The fourth-order valence-electron chi connectivity index (χ4n) is 1.87. The van der Waals surface area contributed by atoms with Crippen LogP contribution in [-0.4, -0.2) is 61.1 Å². The van der Waals surface area contributed by atoms with Crippen molar-refractivity contribution in [1.29, 1.82) is 0 Å². The predicted octanol–water partition coefficient (Wildman–Crippen LogP) is 1.12. The summed E-state index contributed by atoms with van der Waals surface area (Å²) in [7, 11) is 7.49. The van der Waals surface area contributed by atoms with Gasteiger partial charge in [0.15, 0.2) is 0 Å². The molecule has 1 aromatic rings. The van der Waals surface area contributed by atoms with Crippen molar-refractivity contribution in [3.8, 4) is 0 Å². The highest BCUT2D eigenvalue weighted by atomic mass is 16.6. The number of hydrogen-bond acceptors (Lipinski definition) is 7. The molecule has 20 heavy (non-hydrogen) atoms. The summed E-state index contributed by atoms with van der Waals surface area (Å²) in [5.74, 6) is 0.744. The van der Waals surface area contributed by atoms with Crippen LogP contribution in [0.4, 0.5) is 17.5 Å². The molecule has 1 rings (SSSR count). The molecule has 0 aliphatic carbocycles. The number of nitrogens with one attached hydrogen (secondary N) is 1. The van der Waals surface area contributed by atoms with Gasteiger partial charge in [0.2, 0.25) is 11.8 Å². The zero-order valence-electron chi connectivity index (χ0n) is 12.7. The van der Waals surface area contributed by atoms with E-state index < -0.39 is 4.92 Å². The molecule has 1 heterocycles. The van der Waals surface area contributed by atoms with Crippen molar-refractivity contribution in [3.05, 3.63) is 15.8 Å². The Morgan fingerprint density at radius 2 is 1.90 bits per heavy atom. The number of nitrogens with zero attached hydrogens (tertiary/aromatic N) is 5. The van der Waals surface area contributed by atoms with E-state index in [0.717, 1.165) is 13.0 Å². The third-order valence-corrected chi connectivity index (χ3v) is 2.91. The molecule has 0 radical (unpaired) electrons. The summed E-state index contributed by atoms with van der Waals surface area (Å²) in [6, 6.07) is 0. The minimum absolute atomic E-state index is 0.0312. The zero-order valence-corrected chi connectivity index (χ0v) is 12.7. The van der Waals surface area contributed by atoms with Gasteiger partial charge in [-0.25, -0.2) is 4.98 Å². The second-order valence-electron chi connectivity index (χ2n) is 4.89. The SMILES string of the molecule is CNc1nc(C)c([N+](=O)[O-])c(N(C)CCCN(C)C)n1. The van der Waals surface area contributed by atoms with Crippen molar-refractivity contribution in [2.75, 3.05) is 51.5 Å². The number of aromatic nitrogens is 2. The highest BCUT2D eigenvalue weighted by Gasteiger charge is 2.24. The first-order chi connectivity index (χ1) is 9.36. The fraction of sp³-hybridized carbons (Fsp3) is 0.667. The molecular weight excluding hydrogens is 260 g/mol. The molecule has 0 unspecified atom stereocenters. The summed E-state index contributed by atoms with van der Waals surface area (Å²) in [6.07, 6.45) is 0.901. The maximum absolute atomic E-state index is 11.2. The lowest BCUT2D eigenvalue weighted by atomic mass is 10.3. The van der Waals surface area contributed by atoms with Gasteiger partial charge in [-0.2, -0.15) is 4.98 Å². The highest BCUT2D eigenvalue weighted by Crippen LogP contribution is 2.29. The van der Waals surface area contributed by atoms with Crippen molar-refractivity contribution in [3.63, 3.8) is 0 Å². The Balaban J connectivity index is 3.01. The normalized spacial score (nSPS) is 10.7. The molecule has 0 aliphatic heterocycles. The molecule has 1 aromatic heterocycles. The standard InChI is InChI=1S/C12H22N6O2/c1-9-10(18(19)20)11(15-12(13-2)14-9)17(5)8-6-7-16(3)4/h6-8H2,1-5H3,(H,13,14,15). The predicted molar refractivity (Wildman–Crippen MR) is 79.4 cm³/mol. The molecule has 0 amide bonds. The molecule has 8 heteroatoms. The monoisotopic (exact) mass is 282 g/mol. The lowest BCUT2D eigenvalue weighted by molar-refractivity contribution is -0.385. The highest BCUT2D eigenvalue weighted by molar-refractivity contribution is 5.62. The minimum atomic E-state index is -0.424. The lowest BCUT2D eigenvalue weighted by Crippen LogP contribution is -2.25. The van der Waals surface area contributed by atoms with Crippen LogP contribution in [0.1, 0.15) is 12.1 Å². The van der Waals surface area contributed by atoms with Crippen LogP contribution in [-0.2, 0) is 0 Å². The summed E-state index contributed by atoms with van der Waals surface area (Å²) in [6.45, 7) is 3.23. The average molecular weight is 282 g/mol. The maximum Gasteiger partial charge on any atom is 0.332 e. The Labute approximate surface area is 119 Å². The molecule has 0 atom stereocenters. The van der Waals surface area contributed by atoms with Gasteiger partial charge in [0, 0.05) is 20.6 Å². The van der Waals surface area contributed by atoms with E-state index in [2.05, 4.69) is 20.2 Å². The van der Waals surface area contributed by atoms with E-state index in [9.17, 15) is 10.1 Å². The van der Waals surface area contributed by atoms with Gasteiger partial charge in [0.05, 0.1) is 4.92 Å². The van der Waals surface area contributed by atoms with Crippen LogP contribution < -0.4 is 10.2 Å². The quantitative estimate of drug-likeness (QED) is 0.592. The van der Waals surface area contributed by atoms with E-state index in [1.165, 1.54) is 0 Å². The van der Waals surface area contributed by atoms with Crippen LogP contribution in [0.5, 0.6) is 0 Å². The average Bonchev–Trinajstić information content (AvgIpc) is 2.36. The number of anilines is 2. The van der Waals surface area contributed by atoms with Crippen LogP contribution in [0.2, 0.25) is 0 Å². The number of aryl methyl sites for hydroxylation is 1. The van der Waals surface area contributed by atoms with E-state index in [1.807, 2.05) is 21.1 Å². The van der Waals surface area contributed by atoms with E-state index in [0.29, 0.717) is 24.0 Å². The summed E-state index contributed by atoms with van der Waals surface area (Å²) >= 11 is 0. The zero-order chi connectivity index (χ0) is 15.3. The molecule has 0 saturated carbocycles. The number of hydrogen-bond donors (Lipinski definition) is 1. The van der Waals surface area contributed by atoms with Gasteiger partial charge in [-0.1, -0.05) is 0 Å². The Kier molecular flexibility index (Phi) is 5.63. The maximum atomic E-state index is 11.2. The van der Waals surface area contributed by atoms with Crippen molar-refractivity contribution in [2.45, 2.75) is 13.3 Å². The first-order valence-electron chi connectivity index (χ1n) is 6.43. The van der Waals surface area contributed by atoms with Crippen LogP contribution in [0, 0.1) is 17.0 Å². The Morgan fingerprint density at radius 1 is 1.25 bits per heavy atom. The first-order valence-corrected chi connectivity index (χ1v) is 6.43. The van der Waals surface area contributed by atoms with Crippen molar-refractivity contribution >= 4 is 17.5 Å². The van der Waals surface area contributed by atoms with Crippen molar-refractivity contribution in [2.24, 2.45) is 0 Å². The van der Waals surface area contributed by atoms with Gasteiger partial charge in [0.25, 0.3) is 0 Å². The summed E-state index contributed by atoms with van der Waals surface area (Å²) in [5, 5.41) is 14.0. The third-order valence-electron chi connectivity index (χ3n) is 2.91. The van der Waals surface area contributed by atoms with Crippen molar-refractivity contribution in [1.82, 2.24) is 14.9 Å². The molecule has 0 aromatic carbocycles. The smallest absolute Gasteiger partial charge is 0.332 e. The summed E-state index contributed by atoms with van der Waals surface area (Å²) in [5.41, 5.74) is 0.333. The molecule has 0 bridgehead atoms. The van der Waals surface area contributed by atoms with Crippen molar-refractivity contribution < 1.29 is 4.92 Å². The van der Waals surface area contributed by atoms with Gasteiger partial charge in [-0.3, -0.25) is 10.1 Å². The van der Waals surface area contributed by atoms with E-state index in [-0.39, 0.29) is 5.69 Å². The fourth-order valence-corrected chi connectivity index (χ4v) is 1.87. The van der Waals surface area contributed by atoms with Gasteiger partial charge in [-0.05, 0) is 34.0 Å². The van der Waals surface area contributed by atoms with Gasteiger partial charge < -0.3 is 15.1 Å². The minimum Gasteiger partial charge on any atom is -0.357 e. The second kappa shape index (κ2) is 6.99. The second-order valence-corrected chi connectivity index (χ2v) is 4.89. The van der Waals surface area contributed by atoms with Gasteiger partial charge >= 0.3 is 5.69 Å². The molecule has 0 fully saturated rings. The largest absolute Gasteiger partial charge is 0.357 e. The summed E-state index contributed by atoms with van der Waals surface area (Å²) in [4.78, 5) is 22.9. The summed E-state index contributed by atoms with van der Waals surface area (Å²) < 4.78 is 0. The molecule has 1 N–H and O–H groups in total. The van der Waals surface area contributed by atoms with E-state index in [1.54, 1.807) is 18.9 Å². The third kappa shape index (κ3) is 4.02. The van der Waals surface area contributed by atoms with Crippen LogP contribution in [0.15, 0.2) is 0 Å². The topological polar surface area (TPSA) is 87.4 Å². The molecule has 112 valence electrons. The van der Waals surface area contributed by atoms with Crippen LogP contribution in [0.3, 0.4) is 0 Å². The number of rotatable bonds is 7. The molecule has 8 nitrogen and oxygen atoms in total. The molecule has 0 aliphatic rings. The Bertz CT molecular complexity index is 477. The molecular formula is C12H22N6O2.